The molecule has 0 radical (unpaired) electrons. The second-order valence-electron chi connectivity index (χ2n) is 7.56. The smallest absolute Gasteiger partial charge is 0.348 e. The molecule has 0 N–H and O–H groups in total. The number of rotatable bonds is 5. The van der Waals surface area contributed by atoms with Crippen LogP contribution in [0.5, 0.6) is 0 Å². The minimum Gasteiger partial charge on any atom is -0.373 e. The molecule has 0 spiro atoms. The Balaban J connectivity index is 1.91. The van der Waals surface area contributed by atoms with E-state index in [1.165, 1.54) is 4.57 Å². The van der Waals surface area contributed by atoms with E-state index in [-0.39, 0.29) is 24.6 Å². The largest absolute Gasteiger partial charge is 0.373 e. The Morgan fingerprint density at radius 2 is 2.11 bits per heavy atom. The van der Waals surface area contributed by atoms with Crippen molar-refractivity contribution in [3.8, 4) is 0 Å². The molecule has 0 aromatic carbocycles. The highest BCUT2D eigenvalue weighted by atomic mass is 16.5. The van der Waals surface area contributed by atoms with Gasteiger partial charge in [-0.05, 0) is 34.0 Å². The van der Waals surface area contributed by atoms with E-state index in [2.05, 4.69) is 10.1 Å². The molecule has 2 aromatic heterocycles. The Kier molecular flexibility index (Phi) is 5.95. The van der Waals surface area contributed by atoms with Crippen molar-refractivity contribution >= 4 is 5.91 Å². The summed E-state index contributed by atoms with van der Waals surface area (Å²) in [6, 6.07) is 1.55. The third-order valence-electron chi connectivity index (χ3n) is 4.92. The first-order valence-corrected chi connectivity index (χ1v) is 9.35. The lowest BCUT2D eigenvalue weighted by atomic mass is 10.0. The van der Waals surface area contributed by atoms with Gasteiger partial charge in [0.1, 0.15) is 6.54 Å². The van der Waals surface area contributed by atoms with Gasteiger partial charge in [0.25, 0.3) is 0 Å². The standard InChI is InChI=1S/C19H28N6O3/c1-13-8-14(2)25(19(27)21-13)12-17(26)24-6-7-28-16(11-22(3)4)18(24)15-9-20-23(5)10-15/h8-10,16,18H,6-7,11-12H2,1-5H3/t16-,18-/m0/s1. The van der Waals surface area contributed by atoms with Crippen LogP contribution in [0.15, 0.2) is 23.3 Å². The average molecular weight is 388 g/mol. The molecule has 2 aromatic rings. The van der Waals surface area contributed by atoms with Crippen molar-refractivity contribution in [2.24, 2.45) is 7.05 Å². The molecule has 0 bridgehead atoms. The summed E-state index contributed by atoms with van der Waals surface area (Å²) in [7, 11) is 5.80. The van der Waals surface area contributed by atoms with Crippen LogP contribution in [0, 0.1) is 13.8 Å². The minimum absolute atomic E-state index is 0.0383. The molecule has 1 saturated heterocycles. The van der Waals surface area contributed by atoms with Gasteiger partial charge in [-0.25, -0.2) is 4.79 Å². The molecule has 0 aliphatic carbocycles. The summed E-state index contributed by atoms with van der Waals surface area (Å²) >= 11 is 0. The zero-order valence-corrected chi connectivity index (χ0v) is 17.1. The third-order valence-corrected chi connectivity index (χ3v) is 4.92. The molecule has 2 atom stereocenters. The summed E-state index contributed by atoms with van der Waals surface area (Å²) in [4.78, 5) is 33.3. The van der Waals surface area contributed by atoms with Crippen LogP contribution in [0.25, 0.3) is 0 Å². The number of ether oxygens (including phenoxy) is 1. The number of carbonyl (C=O) groups is 1. The Morgan fingerprint density at radius 1 is 1.36 bits per heavy atom. The molecule has 152 valence electrons. The molecule has 1 amide bonds. The van der Waals surface area contributed by atoms with E-state index in [0.29, 0.717) is 25.4 Å². The molecule has 1 aliphatic rings. The topological polar surface area (TPSA) is 85.5 Å². The van der Waals surface area contributed by atoms with E-state index in [1.54, 1.807) is 28.8 Å². The van der Waals surface area contributed by atoms with E-state index in [9.17, 15) is 9.59 Å². The zero-order chi connectivity index (χ0) is 20.4. The summed E-state index contributed by atoms with van der Waals surface area (Å²) in [6.07, 6.45) is 3.51. The summed E-state index contributed by atoms with van der Waals surface area (Å²) in [5, 5.41) is 4.27. The van der Waals surface area contributed by atoms with E-state index < -0.39 is 5.69 Å². The average Bonchev–Trinajstić information content (AvgIpc) is 3.03. The Morgan fingerprint density at radius 3 is 2.71 bits per heavy atom. The number of aromatic nitrogens is 4. The van der Waals surface area contributed by atoms with Crippen LogP contribution in [-0.4, -0.2) is 74.9 Å². The quantitative estimate of drug-likeness (QED) is 0.724. The lowest BCUT2D eigenvalue weighted by Gasteiger charge is -2.42. The van der Waals surface area contributed by atoms with Crippen LogP contribution in [0.1, 0.15) is 23.0 Å². The molecule has 3 rings (SSSR count). The van der Waals surface area contributed by atoms with Crippen molar-refractivity contribution in [3.63, 3.8) is 0 Å². The van der Waals surface area contributed by atoms with E-state index in [4.69, 9.17) is 4.74 Å². The molecule has 28 heavy (non-hydrogen) atoms. The summed E-state index contributed by atoms with van der Waals surface area (Å²) in [5.41, 5.74) is 1.90. The molecule has 0 unspecified atom stereocenters. The number of carbonyl (C=O) groups excluding carboxylic acids is 1. The van der Waals surface area contributed by atoms with Crippen molar-refractivity contribution in [1.29, 1.82) is 0 Å². The number of hydrogen-bond donors (Lipinski definition) is 0. The van der Waals surface area contributed by atoms with Crippen LogP contribution in [-0.2, 0) is 23.1 Å². The summed E-state index contributed by atoms with van der Waals surface area (Å²) < 4.78 is 9.15. The molecule has 1 aliphatic heterocycles. The van der Waals surface area contributed by atoms with Crippen molar-refractivity contribution in [2.45, 2.75) is 32.5 Å². The monoisotopic (exact) mass is 388 g/mol. The second-order valence-corrected chi connectivity index (χ2v) is 7.56. The van der Waals surface area contributed by atoms with Crippen LogP contribution in [0.2, 0.25) is 0 Å². The molecule has 9 nitrogen and oxygen atoms in total. The van der Waals surface area contributed by atoms with Gasteiger partial charge in [-0.3, -0.25) is 14.0 Å². The summed E-state index contributed by atoms with van der Waals surface area (Å²) in [5.74, 6) is -0.128. The van der Waals surface area contributed by atoms with Gasteiger partial charge in [-0.2, -0.15) is 10.1 Å². The van der Waals surface area contributed by atoms with Crippen LogP contribution < -0.4 is 5.69 Å². The number of morpholine rings is 1. The fourth-order valence-corrected chi connectivity index (χ4v) is 3.71. The van der Waals surface area contributed by atoms with Gasteiger partial charge in [0, 0.05) is 43.3 Å². The van der Waals surface area contributed by atoms with Crippen LogP contribution >= 0.6 is 0 Å². The first-order chi connectivity index (χ1) is 13.3. The van der Waals surface area contributed by atoms with Crippen molar-refractivity contribution in [1.82, 2.24) is 29.1 Å². The molecule has 1 fully saturated rings. The number of hydrogen-bond acceptors (Lipinski definition) is 6. The van der Waals surface area contributed by atoms with Crippen molar-refractivity contribution in [3.05, 3.63) is 45.9 Å². The highest BCUT2D eigenvalue weighted by Gasteiger charge is 2.37. The Bertz CT molecular complexity index is 903. The molecular weight excluding hydrogens is 360 g/mol. The highest BCUT2D eigenvalue weighted by molar-refractivity contribution is 5.77. The van der Waals surface area contributed by atoms with Crippen molar-refractivity contribution in [2.75, 3.05) is 33.8 Å². The van der Waals surface area contributed by atoms with Crippen LogP contribution in [0.3, 0.4) is 0 Å². The highest BCUT2D eigenvalue weighted by Crippen LogP contribution is 2.30. The first-order valence-electron chi connectivity index (χ1n) is 9.35. The number of amides is 1. The molecule has 3 heterocycles. The van der Waals surface area contributed by atoms with E-state index in [1.807, 2.05) is 39.2 Å². The SMILES string of the molecule is Cc1cc(C)n(CC(=O)N2CCO[C@@H](CN(C)C)[C@@H]2c2cnn(C)c2)c(=O)n1. The van der Waals surface area contributed by atoms with Gasteiger partial charge in [0.15, 0.2) is 0 Å². The number of likely N-dealkylation sites (N-methyl/N-ethyl adjacent to an activating group) is 1. The maximum Gasteiger partial charge on any atom is 0.348 e. The van der Waals surface area contributed by atoms with E-state index in [0.717, 1.165) is 11.3 Å². The second kappa shape index (κ2) is 8.24. The Labute approximate surface area is 164 Å². The lowest BCUT2D eigenvalue weighted by Crippen LogP contribution is -2.52. The van der Waals surface area contributed by atoms with Gasteiger partial charge in [-0.1, -0.05) is 0 Å². The fourth-order valence-electron chi connectivity index (χ4n) is 3.71. The van der Waals surface area contributed by atoms with Gasteiger partial charge in [0.2, 0.25) is 5.91 Å². The number of aryl methyl sites for hydroxylation is 3. The maximum absolute atomic E-state index is 13.2. The normalized spacial score (nSPS) is 20.0. The summed E-state index contributed by atoms with van der Waals surface area (Å²) in [6.45, 7) is 5.15. The van der Waals surface area contributed by atoms with Crippen LogP contribution in [0.4, 0.5) is 0 Å². The lowest BCUT2D eigenvalue weighted by molar-refractivity contribution is -0.148. The van der Waals surface area contributed by atoms with Gasteiger partial charge >= 0.3 is 5.69 Å². The first kappa shape index (κ1) is 20.2. The molecule has 9 heteroatoms. The van der Waals surface area contributed by atoms with E-state index >= 15 is 0 Å². The Hall–Kier alpha value is -2.52. The predicted octanol–water partition coefficient (Wildman–Crippen LogP) is 0.124. The van der Waals surface area contributed by atoms with Gasteiger partial charge in [0.05, 0.1) is 24.9 Å². The predicted molar refractivity (Wildman–Crippen MR) is 104 cm³/mol. The zero-order valence-electron chi connectivity index (χ0n) is 17.1. The molecule has 0 saturated carbocycles. The van der Waals surface area contributed by atoms with Gasteiger partial charge < -0.3 is 14.5 Å². The maximum atomic E-state index is 13.2. The molecular formula is C19H28N6O3. The van der Waals surface area contributed by atoms with Gasteiger partial charge in [-0.15, -0.1) is 0 Å². The third kappa shape index (κ3) is 4.31. The minimum atomic E-state index is -0.401. The fraction of sp³-hybridized carbons (Fsp3) is 0.579. The van der Waals surface area contributed by atoms with Crippen molar-refractivity contribution < 1.29 is 9.53 Å². The number of nitrogens with zero attached hydrogens (tertiary/aromatic N) is 6.